The molecule has 6 heteroatoms. The van der Waals surface area contributed by atoms with Gasteiger partial charge in [-0.05, 0) is 22.3 Å². The molecule has 0 fully saturated rings. The molecule has 0 aliphatic heterocycles. The van der Waals surface area contributed by atoms with Crippen molar-refractivity contribution in [1.82, 2.24) is 10.6 Å². The van der Waals surface area contributed by atoms with Crippen LogP contribution >= 0.6 is 11.8 Å². The molecule has 0 saturated heterocycles. The summed E-state index contributed by atoms with van der Waals surface area (Å²) in [7, 11) is 0. The molecule has 1 atom stereocenters. The fourth-order valence-corrected chi connectivity index (χ4v) is 5.16. The van der Waals surface area contributed by atoms with Crippen LogP contribution in [0.1, 0.15) is 34.7 Å². The predicted octanol–water partition coefficient (Wildman–Crippen LogP) is 6.23. The number of carbonyl (C=O) groups is 2. The fraction of sp³-hybridized carbons (Fsp3) is 0.161. The maximum atomic E-state index is 12.8. The van der Waals surface area contributed by atoms with E-state index in [-0.39, 0.29) is 11.7 Å². The van der Waals surface area contributed by atoms with Crippen LogP contribution in [0.25, 0.3) is 0 Å². The third-order valence-corrected chi connectivity index (χ3v) is 7.01. The van der Waals surface area contributed by atoms with Gasteiger partial charge in [0, 0.05) is 12.3 Å². The van der Waals surface area contributed by atoms with Crippen molar-refractivity contribution in [3.8, 4) is 0 Å². The highest BCUT2D eigenvalue weighted by molar-refractivity contribution is 8.13. The number of benzene rings is 4. The van der Waals surface area contributed by atoms with E-state index in [1.165, 1.54) is 0 Å². The smallest absolute Gasteiger partial charge is 0.305 e. The molecule has 4 aromatic carbocycles. The van der Waals surface area contributed by atoms with Gasteiger partial charge in [0.1, 0.15) is 0 Å². The van der Waals surface area contributed by atoms with Crippen LogP contribution in [0.3, 0.4) is 0 Å². The molecule has 188 valence electrons. The van der Waals surface area contributed by atoms with Gasteiger partial charge in [0.15, 0.2) is 0 Å². The summed E-state index contributed by atoms with van der Waals surface area (Å²) < 4.78 is 0. The van der Waals surface area contributed by atoms with Gasteiger partial charge in [0.05, 0.1) is 18.0 Å². The molecule has 0 heterocycles. The highest BCUT2D eigenvalue weighted by Gasteiger charge is 2.35. The van der Waals surface area contributed by atoms with Gasteiger partial charge in [-0.1, -0.05) is 133 Å². The molecule has 0 aliphatic carbocycles. The first-order chi connectivity index (χ1) is 18.1. The van der Waals surface area contributed by atoms with Crippen molar-refractivity contribution in [3.63, 3.8) is 0 Å². The lowest BCUT2D eigenvalue weighted by molar-refractivity contribution is -0.137. The van der Waals surface area contributed by atoms with Crippen molar-refractivity contribution in [3.05, 3.63) is 144 Å². The molecule has 0 aliphatic rings. The zero-order chi connectivity index (χ0) is 25.9. The van der Waals surface area contributed by atoms with E-state index in [2.05, 4.69) is 47.0 Å². The molecule has 1 unspecified atom stereocenters. The third kappa shape index (κ3) is 6.67. The molecule has 0 aromatic heterocycles. The number of rotatable bonds is 11. The van der Waals surface area contributed by atoms with Gasteiger partial charge in [-0.15, -0.1) is 0 Å². The Kier molecular flexibility index (Phi) is 9.13. The Hall–Kier alpha value is -3.87. The second kappa shape index (κ2) is 12.9. The first-order valence-electron chi connectivity index (χ1n) is 12.2. The van der Waals surface area contributed by atoms with Gasteiger partial charge in [-0.25, -0.2) is 0 Å². The summed E-state index contributed by atoms with van der Waals surface area (Å²) in [5, 5.41) is 15.7. The average Bonchev–Trinajstić information content (AvgIpc) is 2.94. The van der Waals surface area contributed by atoms with E-state index in [9.17, 15) is 14.7 Å². The zero-order valence-corrected chi connectivity index (χ0v) is 21.2. The zero-order valence-electron chi connectivity index (χ0n) is 20.4. The van der Waals surface area contributed by atoms with E-state index >= 15 is 0 Å². The number of carboxylic acid groups (broad SMARTS) is 1. The fourth-order valence-electron chi connectivity index (χ4n) is 4.55. The van der Waals surface area contributed by atoms with Crippen molar-refractivity contribution >= 4 is 23.0 Å². The molecular weight excluding hydrogens is 480 g/mol. The van der Waals surface area contributed by atoms with Gasteiger partial charge < -0.3 is 10.4 Å². The largest absolute Gasteiger partial charge is 0.481 e. The van der Waals surface area contributed by atoms with Gasteiger partial charge >= 0.3 is 5.97 Å². The summed E-state index contributed by atoms with van der Waals surface area (Å²) in [6.45, 7) is 0.547. The lowest BCUT2D eigenvalue weighted by Crippen LogP contribution is -2.45. The molecule has 0 saturated carbocycles. The minimum atomic E-state index is -0.959. The van der Waals surface area contributed by atoms with E-state index in [0.29, 0.717) is 12.3 Å². The number of thioether (sulfide) groups is 1. The molecule has 3 N–H and O–H groups in total. The van der Waals surface area contributed by atoms with E-state index in [0.717, 1.165) is 34.0 Å². The van der Waals surface area contributed by atoms with E-state index < -0.39 is 17.6 Å². The Morgan fingerprint density at radius 3 is 1.57 bits per heavy atom. The van der Waals surface area contributed by atoms with Crippen LogP contribution in [0, 0.1) is 0 Å². The Morgan fingerprint density at radius 2 is 1.14 bits per heavy atom. The normalized spacial score (nSPS) is 12.0. The van der Waals surface area contributed by atoms with Crippen LogP contribution in [0.2, 0.25) is 0 Å². The van der Waals surface area contributed by atoms with Crippen LogP contribution < -0.4 is 10.6 Å². The summed E-state index contributed by atoms with van der Waals surface area (Å²) in [6, 6.07) is 39.5. The van der Waals surface area contributed by atoms with Crippen LogP contribution in [0.4, 0.5) is 4.79 Å². The molecule has 37 heavy (non-hydrogen) atoms. The molecule has 0 radical (unpaired) electrons. The Balaban J connectivity index is 1.51. The van der Waals surface area contributed by atoms with Gasteiger partial charge in [-0.2, -0.15) is 0 Å². The van der Waals surface area contributed by atoms with E-state index in [1.54, 1.807) is 0 Å². The average molecular weight is 511 g/mol. The second-order valence-electron chi connectivity index (χ2n) is 8.62. The summed E-state index contributed by atoms with van der Waals surface area (Å²) in [5.41, 5.74) is 3.48. The van der Waals surface area contributed by atoms with Gasteiger partial charge in [-0.3, -0.25) is 14.9 Å². The van der Waals surface area contributed by atoms with E-state index in [4.69, 9.17) is 0 Å². The number of aliphatic carboxylic acids is 1. The van der Waals surface area contributed by atoms with Crippen molar-refractivity contribution in [1.29, 1.82) is 0 Å². The number of amides is 1. The molecular formula is C31H30N2O3S. The highest BCUT2D eigenvalue weighted by atomic mass is 32.2. The number of carboxylic acids is 1. The van der Waals surface area contributed by atoms with Crippen LogP contribution in [-0.2, 0) is 10.3 Å². The van der Waals surface area contributed by atoms with E-state index in [1.807, 2.05) is 84.9 Å². The molecule has 4 aromatic rings. The van der Waals surface area contributed by atoms with Crippen LogP contribution in [0.15, 0.2) is 121 Å². The number of nitrogens with one attached hydrogen (secondary N) is 2. The lowest BCUT2D eigenvalue weighted by atomic mass is 9.77. The maximum absolute atomic E-state index is 12.8. The van der Waals surface area contributed by atoms with Crippen LogP contribution in [0.5, 0.6) is 0 Å². The summed E-state index contributed by atoms with van der Waals surface area (Å²) in [4.78, 5) is 24.1. The first-order valence-corrected chi connectivity index (χ1v) is 13.2. The lowest BCUT2D eigenvalue weighted by Gasteiger charge is -2.37. The Bertz CT molecular complexity index is 1170. The van der Waals surface area contributed by atoms with Crippen molar-refractivity contribution < 1.29 is 14.7 Å². The topological polar surface area (TPSA) is 78.4 Å². The number of hydrogen-bond donors (Lipinski definition) is 3. The highest BCUT2D eigenvalue weighted by Crippen LogP contribution is 2.36. The molecule has 0 spiro atoms. The number of carbonyl (C=O) groups excluding carboxylic acids is 1. The molecule has 0 bridgehead atoms. The summed E-state index contributed by atoms with van der Waals surface area (Å²) in [6.07, 6.45) is -0.173. The quantitative estimate of drug-likeness (QED) is 0.165. The minimum absolute atomic E-state index is 0.173. The standard InChI is InChI=1S/C31H30N2O3S/c34-29(35)23-28(24-13-5-1-6-14-24)33-30(36)37-22-21-32-31(25-15-7-2-8-16-25,26-17-9-3-10-18-26)27-19-11-4-12-20-27/h1-20,28,32H,21-23H2,(H,33,36)(H,34,35). The Labute approximate surface area is 221 Å². The number of hydrogen-bond acceptors (Lipinski definition) is 4. The van der Waals surface area contributed by atoms with Gasteiger partial charge in [0.25, 0.3) is 5.24 Å². The maximum Gasteiger partial charge on any atom is 0.305 e. The Morgan fingerprint density at radius 1 is 0.703 bits per heavy atom. The van der Waals surface area contributed by atoms with Crippen molar-refractivity contribution in [2.75, 3.05) is 12.3 Å². The van der Waals surface area contributed by atoms with Crippen molar-refractivity contribution in [2.24, 2.45) is 0 Å². The SMILES string of the molecule is O=C(O)CC(NC(=O)SCCNC(c1ccccc1)(c1ccccc1)c1ccccc1)c1ccccc1. The molecule has 5 nitrogen and oxygen atoms in total. The van der Waals surface area contributed by atoms with Crippen LogP contribution in [-0.4, -0.2) is 28.6 Å². The summed E-state index contributed by atoms with van der Waals surface area (Å²) >= 11 is 1.15. The first kappa shape index (κ1) is 26.2. The predicted molar refractivity (Wildman–Crippen MR) is 150 cm³/mol. The van der Waals surface area contributed by atoms with Gasteiger partial charge in [0.2, 0.25) is 0 Å². The monoisotopic (exact) mass is 510 g/mol. The van der Waals surface area contributed by atoms with Crippen molar-refractivity contribution in [2.45, 2.75) is 18.0 Å². The molecule has 4 rings (SSSR count). The molecule has 1 amide bonds. The third-order valence-electron chi connectivity index (χ3n) is 6.22. The minimum Gasteiger partial charge on any atom is -0.481 e. The second-order valence-corrected chi connectivity index (χ2v) is 9.68. The summed E-state index contributed by atoms with van der Waals surface area (Å²) in [5.74, 6) is -0.450.